The number of carbonyl (C=O) groups is 1. The number of thiazole rings is 1. The molecule has 0 aliphatic rings. The summed E-state index contributed by atoms with van der Waals surface area (Å²) in [5, 5.41) is 3.83. The van der Waals surface area contributed by atoms with Crippen molar-refractivity contribution in [1.82, 2.24) is 14.9 Å². The lowest BCUT2D eigenvalue weighted by Gasteiger charge is -2.07. The summed E-state index contributed by atoms with van der Waals surface area (Å²) in [7, 11) is 0. The van der Waals surface area contributed by atoms with Gasteiger partial charge in [-0.2, -0.15) is 0 Å². The normalized spacial score (nSPS) is 11.0. The summed E-state index contributed by atoms with van der Waals surface area (Å²) in [5.41, 5.74) is 3.16. The van der Waals surface area contributed by atoms with Gasteiger partial charge in [0.2, 0.25) is 0 Å². The Morgan fingerprint density at radius 1 is 1.21 bits per heavy atom. The molecule has 0 radical (unpaired) electrons. The number of carbonyl (C=O) groups excluding carboxylic acids is 1. The highest BCUT2D eigenvalue weighted by Crippen LogP contribution is 2.27. The topological polar surface area (TPSA) is 46.9 Å². The summed E-state index contributed by atoms with van der Waals surface area (Å²) in [6, 6.07) is 12.1. The molecular formula is C19H21N3OS. The maximum absolute atomic E-state index is 12.6. The van der Waals surface area contributed by atoms with Crippen LogP contribution in [0.25, 0.3) is 5.13 Å². The Hall–Kier alpha value is -2.40. The summed E-state index contributed by atoms with van der Waals surface area (Å²) in [6.07, 6.45) is 3.88. The number of hydrogen-bond donors (Lipinski definition) is 1. The Labute approximate surface area is 146 Å². The van der Waals surface area contributed by atoms with Crippen molar-refractivity contribution in [2.75, 3.05) is 0 Å². The van der Waals surface area contributed by atoms with E-state index in [1.54, 1.807) is 0 Å². The van der Waals surface area contributed by atoms with Crippen molar-refractivity contribution < 1.29 is 4.79 Å². The molecule has 1 N–H and O–H groups in total. The van der Waals surface area contributed by atoms with Crippen molar-refractivity contribution >= 4 is 17.2 Å². The van der Waals surface area contributed by atoms with Gasteiger partial charge in [-0.15, -0.1) is 0 Å². The number of amides is 1. The lowest BCUT2D eigenvalue weighted by atomic mass is 10.1. The summed E-state index contributed by atoms with van der Waals surface area (Å²) in [4.78, 5) is 18.0. The molecule has 0 saturated heterocycles. The van der Waals surface area contributed by atoms with Crippen molar-refractivity contribution in [2.24, 2.45) is 0 Å². The zero-order valence-electron chi connectivity index (χ0n) is 14.1. The second-order valence-corrected chi connectivity index (χ2v) is 7.10. The van der Waals surface area contributed by atoms with Gasteiger partial charge in [0.05, 0.1) is 5.69 Å². The van der Waals surface area contributed by atoms with E-state index in [0.29, 0.717) is 11.4 Å². The lowest BCUT2D eigenvalue weighted by Crippen LogP contribution is -2.23. The van der Waals surface area contributed by atoms with Crippen LogP contribution in [-0.4, -0.2) is 15.5 Å². The van der Waals surface area contributed by atoms with Crippen LogP contribution in [0.15, 0.2) is 48.8 Å². The number of hydrogen-bond acceptors (Lipinski definition) is 3. The number of aryl methyl sites for hydroxylation is 1. The van der Waals surface area contributed by atoms with E-state index in [4.69, 9.17) is 0 Å². The number of benzene rings is 1. The molecule has 3 aromatic rings. The Bertz CT molecular complexity index is 817. The third-order valence-electron chi connectivity index (χ3n) is 3.79. The molecule has 0 unspecified atom stereocenters. The number of nitrogens with one attached hydrogen (secondary N) is 1. The van der Waals surface area contributed by atoms with Crippen molar-refractivity contribution in [1.29, 1.82) is 0 Å². The fourth-order valence-corrected chi connectivity index (χ4v) is 3.52. The number of aromatic nitrogens is 2. The van der Waals surface area contributed by atoms with Gasteiger partial charge in [0, 0.05) is 18.9 Å². The minimum Gasteiger partial charge on any atom is -0.347 e. The molecule has 0 fully saturated rings. The second kappa shape index (κ2) is 7.01. The summed E-state index contributed by atoms with van der Waals surface area (Å²) < 4.78 is 1.94. The van der Waals surface area contributed by atoms with Crippen LogP contribution < -0.4 is 5.32 Å². The van der Waals surface area contributed by atoms with Crippen LogP contribution in [0.3, 0.4) is 0 Å². The van der Waals surface area contributed by atoms with E-state index in [1.807, 2.05) is 41.2 Å². The fourth-order valence-electron chi connectivity index (χ4n) is 2.42. The van der Waals surface area contributed by atoms with Crippen LogP contribution in [-0.2, 0) is 6.54 Å². The molecule has 4 nitrogen and oxygen atoms in total. The highest BCUT2D eigenvalue weighted by atomic mass is 32.1. The molecule has 1 amide bonds. The standard InChI is InChI=1S/C19H21N3OS/c1-13(2)16-17(24-19(21-16)22-10-4-5-11-22)18(23)20-12-15-8-6-14(3)7-9-15/h4-11,13H,12H2,1-3H3,(H,20,23). The third kappa shape index (κ3) is 3.57. The largest absolute Gasteiger partial charge is 0.347 e. The first-order valence-corrected chi connectivity index (χ1v) is 8.84. The molecule has 0 aliphatic carbocycles. The zero-order chi connectivity index (χ0) is 17.1. The Balaban J connectivity index is 1.79. The second-order valence-electron chi connectivity index (χ2n) is 6.12. The van der Waals surface area contributed by atoms with E-state index in [0.717, 1.165) is 16.4 Å². The smallest absolute Gasteiger partial charge is 0.263 e. The monoisotopic (exact) mass is 339 g/mol. The molecular weight excluding hydrogens is 318 g/mol. The average Bonchev–Trinajstić information content (AvgIpc) is 3.23. The van der Waals surface area contributed by atoms with Gasteiger partial charge in [-0.05, 0) is 30.5 Å². The molecule has 0 spiro atoms. The van der Waals surface area contributed by atoms with Gasteiger partial charge in [0.15, 0.2) is 5.13 Å². The highest BCUT2D eigenvalue weighted by Gasteiger charge is 2.20. The molecule has 0 atom stereocenters. The number of rotatable bonds is 5. The molecule has 2 aromatic heterocycles. The van der Waals surface area contributed by atoms with Gasteiger partial charge in [-0.3, -0.25) is 4.79 Å². The van der Waals surface area contributed by atoms with E-state index >= 15 is 0 Å². The SMILES string of the molecule is Cc1ccc(CNC(=O)c2sc(-n3cccc3)nc2C(C)C)cc1. The van der Waals surface area contributed by atoms with Crippen LogP contribution in [0.2, 0.25) is 0 Å². The van der Waals surface area contributed by atoms with Gasteiger partial charge < -0.3 is 9.88 Å². The van der Waals surface area contributed by atoms with Crippen LogP contribution in [0.5, 0.6) is 0 Å². The van der Waals surface area contributed by atoms with Crippen molar-refractivity contribution in [2.45, 2.75) is 33.2 Å². The highest BCUT2D eigenvalue weighted by molar-refractivity contribution is 7.16. The van der Waals surface area contributed by atoms with Crippen molar-refractivity contribution in [3.8, 4) is 5.13 Å². The lowest BCUT2D eigenvalue weighted by molar-refractivity contribution is 0.0953. The van der Waals surface area contributed by atoms with Gasteiger partial charge in [-0.1, -0.05) is 55.0 Å². The molecule has 5 heteroatoms. The van der Waals surface area contributed by atoms with Crippen LogP contribution in [0.4, 0.5) is 0 Å². The Kier molecular flexibility index (Phi) is 4.81. The first-order valence-electron chi connectivity index (χ1n) is 8.02. The van der Waals surface area contributed by atoms with Crippen LogP contribution in [0.1, 0.15) is 46.3 Å². The fraction of sp³-hybridized carbons (Fsp3) is 0.263. The molecule has 0 saturated carbocycles. The molecule has 3 rings (SSSR count). The quantitative estimate of drug-likeness (QED) is 0.753. The maximum Gasteiger partial charge on any atom is 0.263 e. The maximum atomic E-state index is 12.6. The van der Waals surface area contributed by atoms with E-state index in [2.05, 4.69) is 43.2 Å². The predicted octanol–water partition coefficient (Wildman–Crippen LogP) is 4.30. The Morgan fingerprint density at radius 3 is 2.50 bits per heavy atom. The van der Waals surface area contributed by atoms with E-state index in [9.17, 15) is 4.79 Å². The molecule has 24 heavy (non-hydrogen) atoms. The minimum absolute atomic E-state index is 0.0600. The molecule has 0 bridgehead atoms. The van der Waals surface area contributed by atoms with Crippen molar-refractivity contribution in [3.05, 3.63) is 70.5 Å². The Morgan fingerprint density at radius 2 is 1.88 bits per heavy atom. The van der Waals surface area contributed by atoms with Crippen molar-refractivity contribution in [3.63, 3.8) is 0 Å². The van der Waals surface area contributed by atoms with Gasteiger partial charge in [0.1, 0.15) is 4.88 Å². The average molecular weight is 339 g/mol. The summed E-state index contributed by atoms with van der Waals surface area (Å²) >= 11 is 1.43. The first-order chi connectivity index (χ1) is 11.5. The molecule has 1 aromatic carbocycles. The van der Waals surface area contributed by atoms with Crippen LogP contribution in [0, 0.1) is 6.92 Å². The van der Waals surface area contributed by atoms with Gasteiger partial charge >= 0.3 is 0 Å². The van der Waals surface area contributed by atoms with Gasteiger partial charge in [-0.25, -0.2) is 4.98 Å². The molecule has 0 aliphatic heterocycles. The van der Waals surface area contributed by atoms with E-state index in [1.165, 1.54) is 16.9 Å². The predicted molar refractivity (Wildman–Crippen MR) is 97.9 cm³/mol. The first kappa shape index (κ1) is 16.5. The van der Waals surface area contributed by atoms with E-state index in [-0.39, 0.29) is 11.8 Å². The van der Waals surface area contributed by atoms with Gasteiger partial charge in [0.25, 0.3) is 5.91 Å². The number of nitrogens with zero attached hydrogens (tertiary/aromatic N) is 2. The minimum atomic E-state index is -0.0600. The third-order valence-corrected chi connectivity index (χ3v) is 4.88. The van der Waals surface area contributed by atoms with E-state index < -0.39 is 0 Å². The van der Waals surface area contributed by atoms with Crippen LogP contribution >= 0.6 is 11.3 Å². The zero-order valence-corrected chi connectivity index (χ0v) is 14.9. The molecule has 2 heterocycles. The summed E-state index contributed by atoms with van der Waals surface area (Å²) in [5.74, 6) is 0.140. The molecule has 124 valence electrons. The summed E-state index contributed by atoms with van der Waals surface area (Å²) in [6.45, 7) is 6.70.